The normalized spacial score (nSPS) is 11.9. The summed E-state index contributed by atoms with van der Waals surface area (Å²) in [5.74, 6) is 1.32. The van der Waals surface area contributed by atoms with Crippen LogP contribution in [-0.2, 0) is 10.4 Å². The second-order valence-corrected chi connectivity index (χ2v) is 8.38. The lowest BCUT2D eigenvalue weighted by molar-refractivity contribution is -0.138. The molecule has 4 rings (SSSR count). The molecule has 0 radical (unpaired) electrons. The summed E-state index contributed by atoms with van der Waals surface area (Å²) in [5, 5.41) is 11.9. The average Bonchev–Trinajstić information content (AvgIpc) is 2.97. The maximum absolute atomic E-state index is 13.7. The van der Waals surface area contributed by atoms with Gasteiger partial charge in [-0.1, -0.05) is 66.7 Å². The van der Waals surface area contributed by atoms with E-state index in [-0.39, 0.29) is 6.04 Å². The second kappa shape index (κ2) is 11.6. The van der Waals surface area contributed by atoms with Crippen molar-refractivity contribution in [1.29, 1.82) is 0 Å². The molecular formula is C30H30N2O5. The standard InChI is InChI=1S/C30H30N2O5/c1-35-25-15-9-22(10-16-25)28(21-7-5-4-6-8-21)31-32-29(33)30(34,23-11-17-26(36-2)18-12-23)24-13-19-27(37-3)20-14-24/h4-20,28,31,34H,1-3H3,(H,32,33)/t28-/m0/s1. The Morgan fingerprint density at radius 2 is 1.05 bits per heavy atom. The number of amides is 1. The van der Waals surface area contributed by atoms with Crippen LogP contribution in [0, 0.1) is 0 Å². The molecule has 4 aromatic carbocycles. The molecule has 0 saturated carbocycles. The van der Waals surface area contributed by atoms with Gasteiger partial charge in [-0.05, 0) is 58.7 Å². The summed E-state index contributed by atoms with van der Waals surface area (Å²) in [4.78, 5) is 13.7. The van der Waals surface area contributed by atoms with Gasteiger partial charge in [0, 0.05) is 0 Å². The number of rotatable bonds is 10. The lowest BCUT2D eigenvalue weighted by atomic mass is 9.85. The molecule has 1 atom stereocenters. The molecule has 0 aliphatic heterocycles. The van der Waals surface area contributed by atoms with Gasteiger partial charge in [0.05, 0.1) is 27.4 Å². The average molecular weight is 499 g/mol. The maximum atomic E-state index is 13.7. The van der Waals surface area contributed by atoms with E-state index < -0.39 is 11.5 Å². The first-order valence-electron chi connectivity index (χ1n) is 11.8. The highest BCUT2D eigenvalue weighted by Crippen LogP contribution is 2.33. The number of ether oxygens (including phenoxy) is 3. The summed E-state index contributed by atoms with van der Waals surface area (Å²) in [5.41, 5.74) is 6.52. The number of carbonyl (C=O) groups is 1. The van der Waals surface area contributed by atoms with Crippen LogP contribution < -0.4 is 25.1 Å². The van der Waals surface area contributed by atoms with Gasteiger partial charge < -0.3 is 19.3 Å². The summed E-state index contributed by atoms with van der Waals surface area (Å²) < 4.78 is 15.8. The van der Waals surface area contributed by atoms with Crippen molar-refractivity contribution in [2.45, 2.75) is 11.6 Å². The monoisotopic (exact) mass is 498 g/mol. The number of hydrogen-bond acceptors (Lipinski definition) is 6. The maximum Gasteiger partial charge on any atom is 0.275 e. The zero-order valence-electron chi connectivity index (χ0n) is 21.0. The van der Waals surface area contributed by atoms with Gasteiger partial charge in [0.15, 0.2) is 5.60 Å². The van der Waals surface area contributed by atoms with Gasteiger partial charge in [-0.15, -0.1) is 0 Å². The van der Waals surface area contributed by atoms with Gasteiger partial charge in [-0.25, -0.2) is 5.43 Å². The molecule has 0 spiro atoms. The lowest BCUT2D eigenvalue weighted by Gasteiger charge is -2.30. The first-order valence-corrected chi connectivity index (χ1v) is 11.8. The zero-order valence-corrected chi connectivity index (χ0v) is 21.0. The van der Waals surface area contributed by atoms with E-state index in [1.54, 1.807) is 69.9 Å². The third-order valence-electron chi connectivity index (χ3n) is 6.26. The molecule has 0 saturated heterocycles. The van der Waals surface area contributed by atoms with Crippen LogP contribution in [0.25, 0.3) is 0 Å². The third kappa shape index (κ3) is 5.58. The molecule has 0 aliphatic rings. The van der Waals surface area contributed by atoms with Crippen LogP contribution in [0.5, 0.6) is 17.2 Å². The van der Waals surface area contributed by atoms with E-state index in [1.165, 1.54) is 0 Å². The Kier molecular flexibility index (Phi) is 8.08. The fraction of sp³-hybridized carbons (Fsp3) is 0.167. The molecule has 4 aromatic rings. The van der Waals surface area contributed by atoms with Crippen molar-refractivity contribution in [3.8, 4) is 17.2 Å². The fourth-order valence-corrected chi connectivity index (χ4v) is 4.12. The molecule has 0 aliphatic carbocycles. The van der Waals surface area contributed by atoms with Gasteiger partial charge in [0.25, 0.3) is 5.91 Å². The SMILES string of the molecule is COc1ccc([C@@H](NNC(=O)C(O)(c2ccc(OC)cc2)c2ccc(OC)cc2)c2ccccc2)cc1. The number of hydrogen-bond donors (Lipinski definition) is 3. The molecule has 0 bridgehead atoms. The number of benzene rings is 4. The summed E-state index contributed by atoms with van der Waals surface area (Å²) >= 11 is 0. The van der Waals surface area contributed by atoms with Crippen LogP contribution in [0.4, 0.5) is 0 Å². The first-order chi connectivity index (χ1) is 18.0. The Bertz CT molecular complexity index is 1240. The van der Waals surface area contributed by atoms with E-state index in [9.17, 15) is 9.90 Å². The number of aliphatic hydroxyl groups is 1. The number of carbonyl (C=O) groups excluding carboxylic acids is 1. The first kappa shape index (κ1) is 25.8. The number of hydrazine groups is 1. The summed E-state index contributed by atoms with van der Waals surface area (Å²) in [6.45, 7) is 0. The quantitative estimate of drug-likeness (QED) is 0.282. The van der Waals surface area contributed by atoms with Crippen LogP contribution >= 0.6 is 0 Å². The second-order valence-electron chi connectivity index (χ2n) is 8.38. The van der Waals surface area contributed by atoms with Crippen molar-refractivity contribution in [2.75, 3.05) is 21.3 Å². The Hall–Kier alpha value is -4.33. The molecule has 0 aromatic heterocycles. The van der Waals surface area contributed by atoms with E-state index in [2.05, 4.69) is 10.9 Å². The van der Waals surface area contributed by atoms with Crippen molar-refractivity contribution in [1.82, 2.24) is 10.9 Å². The van der Waals surface area contributed by atoms with Crippen LogP contribution in [0.2, 0.25) is 0 Å². The molecule has 0 heterocycles. The number of methoxy groups -OCH3 is 3. The molecule has 0 fully saturated rings. The zero-order chi connectivity index (χ0) is 26.3. The smallest absolute Gasteiger partial charge is 0.275 e. The molecule has 190 valence electrons. The largest absolute Gasteiger partial charge is 0.497 e. The van der Waals surface area contributed by atoms with E-state index in [4.69, 9.17) is 14.2 Å². The topological polar surface area (TPSA) is 89.1 Å². The summed E-state index contributed by atoms with van der Waals surface area (Å²) in [7, 11) is 4.73. The molecule has 3 N–H and O–H groups in total. The Balaban J connectivity index is 1.67. The van der Waals surface area contributed by atoms with Crippen LogP contribution in [0.15, 0.2) is 103 Å². The minimum absolute atomic E-state index is 0.382. The Morgan fingerprint density at radius 3 is 1.49 bits per heavy atom. The van der Waals surface area contributed by atoms with E-state index in [0.29, 0.717) is 22.6 Å². The van der Waals surface area contributed by atoms with Crippen LogP contribution in [0.3, 0.4) is 0 Å². The Labute approximate surface area is 216 Å². The van der Waals surface area contributed by atoms with Crippen molar-refractivity contribution in [3.63, 3.8) is 0 Å². The highest BCUT2D eigenvalue weighted by atomic mass is 16.5. The van der Waals surface area contributed by atoms with Crippen molar-refractivity contribution >= 4 is 5.91 Å². The molecule has 37 heavy (non-hydrogen) atoms. The minimum Gasteiger partial charge on any atom is -0.497 e. The fourth-order valence-electron chi connectivity index (χ4n) is 4.12. The predicted octanol–water partition coefficient (Wildman–Crippen LogP) is 4.36. The van der Waals surface area contributed by atoms with Crippen LogP contribution in [-0.4, -0.2) is 32.3 Å². The van der Waals surface area contributed by atoms with Crippen molar-refractivity contribution < 1.29 is 24.1 Å². The van der Waals surface area contributed by atoms with Crippen LogP contribution in [0.1, 0.15) is 28.3 Å². The van der Waals surface area contributed by atoms with Gasteiger partial charge in [-0.2, -0.15) is 0 Å². The lowest BCUT2D eigenvalue weighted by Crippen LogP contribution is -2.51. The van der Waals surface area contributed by atoms with Gasteiger partial charge in [0.1, 0.15) is 17.2 Å². The molecule has 1 amide bonds. The van der Waals surface area contributed by atoms with E-state index in [1.807, 2.05) is 54.6 Å². The van der Waals surface area contributed by atoms with E-state index >= 15 is 0 Å². The van der Waals surface area contributed by atoms with Crippen molar-refractivity contribution in [2.24, 2.45) is 0 Å². The molecule has 7 nitrogen and oxygen atoms in total. The highest BCUT2D eigenvalue weighted by Gasteiger charge is 2.40. The van der Waals surface area contributed by atoms with Gasteiger partial charge >= 0.3 is 0 Å². The molecule has 7 heteroatoms. The third-order valence-corrected chi connectivity index (χ3v) is 6.26. The molecule has 0 unspecified atom stereocenters. The van der Waals surface area contributed by atoms with Crippen molar-refractivity contribution in [3.05, 3.63) is 125 Å². The summed E-state index contributed by atoms with van der Waals surface area (Å²) in [6.07, 6.45) is 0. The summed E-state index contributed by atoms with van der Waals surface area (Å²) in [6, 6.07) is 30.4. The van der Waals surface area contributed by atoms with Gasteiger partial charge in [0.2, 0.25) is 0 Å². The Morgan fingerprint density at radius 1 is 0.649 bits per heavy atom. The predicted molar refractivity (Wildman–Crippen MR) is 142 cm³/mol. The van der Waals surface area contributed by atoms with Gasteiger partial charge in [-0.3, -0.25) is 10.2 Å². The molecular weight excluding hydrogens is 468 g/mol. The number of nitrogens with one attached hydrogen (secondary N) is 2. The van der Waals surface area contributed by atoms with E-state index in [0.717, 1.165) is 16.9 Å². The highest BCUT2D eigenvalue weighted by molar-refractivity contribution is 5.89. The minimum atomic E-state index is -1.99.